The van der Waals surface area contributed by atoms with Gasteiger partial charge in [-0.3, -0.25) is 9.69 Å². The molecule has 10 heteroatoms. The summed E-state index contributed by atoms with van der Waals surface area (Å²) in [4.78, 5) is 32.8. The van der Waals surface area contributed by atoms with Crippen LogP contribution in [-0.4, -0.2) is 43.3 Å². The quantitative estimate of drug-likeness (QED) is 0.311. The van der Waals surface area contributed by atoms with Crippen LogP contribution in [0.3, 0.4) is 0 Å². The Labute approximate surface area is 195 Å². The summed E-state index contributed by atoms with van der Waals surface area (Å²) in [7, 11) is 0. The van der Waals surface area contributed by atoms with Gasteiger partial charge < -0.3 is 14.9 Å². The van der Waals surface area contributed by atoms with Gasteiger partial charge in [-0.25, -0.2) is 14.2 Å². The topological polar surface area (TPSA) is 106 Å². The molecule has 3 N–H and O–H groups in total. The number of anilines is 1. The van der Waals surface area contributed by atoms with Crippen molar-refractivity contribution in [3.63, 3.8) is 0 Å². The van der Waals surface area contributed by atoms with Crippen LogP contribution < -0.4 is 16.1 Å². The molecule has 0 aliphatic carbocycles. The first kappa shape index (κ1) is 24.3. The van der Waals surface area contributed by atoms with Crippen LogP contribution >= 0.6 is 11.8 Å². The predicted molar refractivity (Wildman–Crippen MR) is 127 cm³/mol. The first-order chi connectivity index (χ1) is 15.9. The van der Waals surface area contributed by atoms with E-state index in [-0.39, 0.29) is 19.0 Å². The van der Waals surface area contributed by atoms with Crippen molar-refractivity contribution in [2.24, 2.45) is 10.9 Å². The van der Waals surface area contributed by atoms with Crippen LogP contribution in [0, 0.1) is 5.82 Å². The summed E-state index contributed by atoms with van der Waals surface area (Å²) in [5.74, 6) is 5.61. The molecule has 1 heterocycles. The highest BCUT2D eigenvalue weighted by Crippen LogP contribution is 2.29. The maximum absolute atomic E-state index is 14.9. The van der Waals surface area contributed by atoms with Crippen LogP contribution in [0.5, 0.6) is 0 Å². The van der Waals surface area contributed by atoms with Gasteiger partial charge in [0, 0.05) is 29.7 Å². The molecule has 0 aromatic heterocycles. The van der Waals surface area contributed by atoms with Gasteiger partial charge in [-0.1, -0.05) is 30.8 Å². The van der Waals surface area contributed by atoms with E-state index in [1.807, 2.05) is 24.3 Å². The van der Waals surface area contributed by atoms with Gasteiger partial charge in [-0.2, -0.15) is 17.7 Å². The lowest BCUT2D eigenvalue weighted by Gasteiger charge is -2.14. The monoisotopic (exact) mass is 472 g/mol. The van der Waals surface area contributed by atoms with Crippen LogP contribution in [0.25, 0.3) is 11.1 Å². The standard InChI is InChI=1S/C23H25FN4O4S/c1-15(27-14-31-25)12-33-13-17-3-5-18(6-4-17)21-8-7-19(9-22(21)24)28-11-20(32-23(28)30)10-26-16(2)29/h3-9,14,20H,1,10-13,25H2,2H3,(H,26,29)/b27-14-/t20-/m0/s1. The summed E-state index contributed by atoms with van der Waals surface area (Å²) in [5, 5.41) is 2.61. The molecular formula is C23H25FN4O4S. The van der Waals surface area contributed by atoms with Gasteiger partial charge in [0.25, 0.3) is 0 Å². The number of carbonyl (C=O) groups is 2. The molecule has 1 saturated heterocycles. The summed E-state index contributed by atoms with van der Waals surface area (Å²) < 4.78 is 20.1. The largest absolute Gasteiger partial charge is 0.442 e. The highest BCUT2D eigenvalue weighted by atomic mass is 32.2. The van der Waals surface area contributed by atoms with E-state index in [9.17, 15) is 14.0 Å². The number of nitrogens with one attached hydrogen (secondary N) is 1. The first-order valence-corrected chi connectivity index (χ1v) is 11.3. The number of hydrogen-bond donors (Lipinski definition) is 2. The van der Waals surface area contributed by atoms with E-state index in [0.717, 1.165) is 23.3 Å². The SMILES string of the molecule is C=C(CSCc1ccc(-c2ccc(N3C[C@H](CNC(C)=O)OC3=O)cc2F)cc1)/N=C\ON. The molecule has 3 rings (SSSR count). The number of ether oxygens (including phenoxy) is 1. The Balaban J connectivity index is 1.60. The number of amides is 2. The normalized spacial score (nSPS) is 15.5. The second kappa shape index (κ2) is 11.5. The minimum Gasteiger partial charge on any atom is -0.442 e. The Kier molecular flexibility index (Phi) is 8.45. The average Bonchev–Trinajstić information content (AvgIpc) is 3.17. The molecule has 2 aromatic rings. The van der Waals surface area contributed by atoms with Gasteiger partial charge in [-0.05, 0) is 29.3 Å². The smallest absolute Gasteiger partial charge is 0.414 e. The van der Waals surface area contributed by atoms with E-state index in [4.69, 9.17) is 10.6 Å². The molecule has 0 saturated carbocycles. The molecule has 1 fully saturated rings. The number of rotatable bonds is 10. The van der Waals surface area contributed by atoms with Crippen molar-refractivity contribution in [1.29, 1.82) is 0 Å². The van der Waals surface area contributed by atoms with Gasteiger partial charge in [0.2, 0.25) is 12.3 Å². The number of aliphatic imine (C=N–C) groups is 1. The summed E-state index contributed by atoms with van der Waals surface area (Å²) in [6.45, 7) is 5.64. The van der Waals surface area contributed by atoms with Crippen LogP contribution in [0.1, 0.15) is 12.5 Å². The second-order valence-corrected chi connectivity index (χ2v) is 8.33. The van der Waals surface area contributed by atoms with Crippen molar-refractivity contribution in [2.75, 3.05) is 23.7 Å². The molecule has 2 amide bonds. The number of nitrogens with zero attached hydrogens (tertiary/aromatic N) is 2. The Morgan fingerprint density at radius 1 is 1.39 bits per heavy atom. The number of benzene rings is 2. The van der Waals surface area contributed by atoms with Gasteiger partial charge in [-0.15, -0.1) is 0 Å². The summed E-state index contributed by atoms with van der Waals surface area (Å²) >= 11 is 1.63. The third-order valence-electron chi connectivity index (χ3n) is 4.82. The lowest BCUT2D eigenvalue weighted by molar-refractivity contribution is -0.119. The van der Waals surface area contributed by atoms with E-state index >= 15 is 0 Å². The molecule has 1 aliphatic heterocycles. The van der Waals surface area contributed by atoms with Crippen molar-refractivity contribution < 1.29 is 23.6 Å². The molecule has 1 atom stereocenters. The van der Waals surface area contributed by atoms with Gasteiger partial charge >= 0.3 is 6.09 Å². The zero-order valence-electron chi connectivity index (χ0n) is 18.1. The molecule has 0 bridgehead atoms. The Morgan fingerprint density at radius 3 is 2.82 bits per heavy atom. The number of cyclic esters (lactones) is 1. The maximum Gasteiger partial charge on any atom is 0.414 e. The van der Waals surface area contributed by atoms with Crippen LogP contribution in [0.15, 0.2) is 59.7 Å². The van der Waals surface area contributed by atoms with Crippen LogP contribution in [0.4, 0.5) is 14.9 Å². The van der Waals surface area contributed by atoms with Crippen molar-refractivity contribution in [2.45, 2.75) is 18.8 Å². The summed E-state index contributed by atoms with van der Waals surface area (Å²) in [5.41, 5.74) is 3.30. The number of nitrogens with two attached hydrogens (primary N) is 1. The number of halogens is 1. The zero-order chi connectivity index (χ0) is 23.8. The fraction of sp³-hybridized carbons (Fsp3) is 0.261. The van der Waals surface area contributed by atoms with E-state index in [1.54, 1.807) is 23.9 Å². The highest BCUT2D eigenvalue weighted by molar-refractivity contribution is 7.98. The van der Waals surface area contributed by atoms with E-state index in [0.29, 0.717) is 22.7 Å². The van der Waals surface area contributed by atoms with Gasteiger partial charge in [0.05, 0.1) is 18.8 Å². The zero-order valence-corrected chi connectivity index (χ0v) is 18.9. The van der Waals surface area contributed by atoms with Crippen molar-refractivity contribution in [3.05, 3.63) is 66.1 Å². The lowest BCUT2D eigenvalue weighted by atomic mass is 10.0. The Bertz CT molecular complexity index is 1050. The Morgan fingerprint density at radius 2 is 2.15 bits per heavy atom. The fourth-order valence-corrected chi connectivity index (χ4v) is 4.05. The molecule has 33 heavy (non-hydrogen) atoms. The minimum absolute atomic E-state index is 0.207. The third kappa shape index (κ3) is 6.80. The minimum atomic E-state index is -0.566. The van der Waals surface area contributed by atoms with Gasteiger partial charge in [0.15, 0.2) is 0 Å². The molecule has 2 aromatic carbocycles. The van der Waals surface area contributed by atoms with E-state index in [2.05, 4.69) is 21.7 Å². The maximum atomic E-state index is 14.9. The Hall–Kier alpha value is -3.37. The van der Waals surface area contributed by atoms with E-state index in [1.165, 1.54) is 17.9 Å². The average molecular weight is 473 g/mol. The molecule has 1 aliphatic rings. The summed E-state index contributed by atoms with van der Waals surface area (Å²) in [6, 6.07) is 12.2. The van der Waals surface area contributed by atoms with Crippen molar-refractivity contribution in [1.82, 2.24) is 5.32 Å². The molecule has 0 unspecified atom stereocenters. The fourth-order valence-electron chi connectivity index (χ4n) is 3.21. The van der Waals surface area contributed by atoms with Gasteiger partial charge in [0.1, 0.15) is 11.9 Å². The molecule has 174 valence electrons. The predicted octanol–water partition coefficient (Wildman–Crippen LogP) is 3.62. The number of hydrogen-bond acceptors (Lipinski definition) is 7. The lowest BCUT2D eigenvalue weighted by Crippen LogP contribution is -2.33. The molecule has 8 nitrogen and oxygen atoms in total. The molecule has 0 spiro atoms. The van der Waals surface area contributed by atoms with Crippen molar-refractivity contribution in [3.8, 4) is 11.1 Å². The van der Waals surface area contributed by atoms with Crippen LogP contribution in [0.2, 0.25) is 0 Å². The highest BCUT2D eigenvalue weighted by Gasteiger charge is 2.32. The number of carbonyl (C=O) groups excluding carboxylic acids is 2. The second-order valence-electron chi connectivity index (χ2n) is 7.34. The molecule has 0 radical (unpaired) electrons. The molecular weight excluding hydrogens is 447 g/mol. The van der Waals surface area contributed by atoms with Crippen LogP contribution in [-0.2, 0) is 20.1 Å². The first-order valence-electron chi connectivity index (χ1n) is 10.1. The van der Waals surface area contributed by atoms with Crippen molar-refractivity contribution >= 4 is 35.9 Å². The third-order valence-corrected chi connectivity index (χ3v) is 5.89. The number of thioether (sulfide) groups is 1. The van der Waals surface area contributed by atoms with E-state index < -0.39 is 18.0 Å². The summed E-state index contributed by atoms with van der Waals surface area (Å²) in [6.07, 6.45) is 0.0877.